The molecule has 0 aromatic rings. The number of cyclic esters (lactones) is 1. The van der Waals surface area contributed by atoms with E-state index < -0.39 is 119 Å². The molecule has 18 nitrogen and oxygen atoms in total. The third-order valence-electron chi connectivity index (χ3n) is 12.4. The van der Waals surface area contributed by atoms with Gasteiger partial charge in [-0.2, -0.15) is 0 Å². The lowest BCUT2D eigenvalue weighted by molar-refractivity contribution is -0.318. The van der Waals surface area contributed by atoms with Gasteiger partial charge in [0.05, 0.1) is 47.6 Å². The lowest BCUT2D eigenvalue weighted by Gasteiger charge is -2.49. The van der Waals surface area contributed by atoms with Gasteiger partial charge in [0.2, 0.25) is 0 Å². The number of carboxylic acid groups (broad SMARTS) is 2. The predicted octanol–water partition coefficient (Wildman–Crippen LogP) is 2.75. The number of esters is 1. The summed E-state index contributed by atoms with van der Waals surface area (Å²) in [6, 6.07) is -0.324. The van der Waals surface area contributed by atoms with Crippen molar-refractivity contribution in [3.05, 3.63) is 0 Å². The number of carbonyl (C=O) groups excluding carboxylic acids is 2. The lowest BCUT2D eigenvalue weighted by atomic mass is 9.74. The molecule has 0 aromatic heterocycles. The molecule has 0 spiro atoms. The van der Waals surface area contributed by atoms with Crippen molar-refractivity contribution in [3.63, 3.8) is 0 Å². The summed E-state index contributed by atoms with van der Waals surface area (Å²) in [7, 11) is 5.18. The van der Waals surface area contributed by atoms with Crippen LogP contribution in [-0.2, 0) is 47.6 Å². The number of methoxy groups -OCH3 is 1. The van der Waals surface area contributed by atoms with Crippen LogP contribution in [0.2, 0.25) is 0 Å². The van der Waals surface area contributed by atoms with Crippen molar-refractivity contribution in [1.82, 2.24) is 4.90 Å². The maximum absolute atomic E-state index is 14.1. The molecule has 3 saturated heterocycles. The minimum absolute atomic E-state index is 0.0936. The topological polar surface area (TPSA) is 269 Å². The first-order chi connectivity index (χ1) is 28.0. The van der Waals surface area contributed by atoms with E-state index in [2.05, 4.69) is 0 Å². The number of ketones is 1. The molecule has 0 radical (unpaired) electrons. The number of nitrogens with zero attached hydrogens (tertiary/aromatic N) is 1. The number of aliphatic hydroxyl groups is 5. The van der Waals surface area contributed by atoms with Crippen LogP contribution >= 0.6 is 0 Å². The van der Waals surface area contributed by atoms with Crippen LogP contribution in [0.1, 0.15) is 122 Å². The van der Waals surface area contributed by atoms with Crippen molar-refractivity contribution >= 4 is 23.7 Å². The third kappa shape index (κ3) is 15.1. The highest BCUT2D eigenvalue weighted by molar-refractivity contribution is 5.83. The molecule has 0 unspecified atom stereocenters. The Hall–Kier alpha value is -2.36. The number of hydrogen-bond acceptors (Lipinski definition) is 16. The minimum atomic E-state index is -1.99. The maximum Gasteiger partial charge on any atom is 0.311 e. The largest absolute Gasteiger partial charge is 0.481 e. The van der Waals surface area contributed by atoms with E-state index in [1.807, 2.05) is 25.9 Å². The Labute approximate surface area is 362 Å². The summed E-state index contributed by atoms with van der Waals surface area (Å²) in [6.45, 7) is 19.5. The van der Waals surface area contributed by atoms with Gasteiger partial charge in [0, 0.05) is 50.2 Å². The Morgan fingerprint density at radius 1 is 0.820 bits per heavy atom. The van der Waals surface area contributed by atoms with Crippen LogP contribution in [0.15, 0.2) is 0 Å². The molecule has 18 heteroatoms. The van der Waals surface area contributed by atoms with Gasteiger partial charge < -0.3 is 69.1 Å². The Bertz CT molecular complexity index is 1380. The molecule has 0 aromatic carbocycles. The zero-order chi connectivity index (χ0) is 47.5. The molecule has 0 bridgehead atoms. The minimum Gasteiger partial charge on any atom is -0.481 e. The number of Topliss-reactive ketones (excluding diaryl/α,β-unsaturated/α-hetero) is 1. The summed E-state index contributed by atoms with van der Waals surface area (Å²) in [4.78, 5) is 48.5. The quantitative estimate of drug-likeness (QED) is 0.164. The molecule has 61 heavy (non-hydrogen) atoms. The summed E-state index contributed by atoms with van der Waals surface area (Å²) in [5.41, 5.74) is -4.84. The fourth-order valence-electron chi connectivity index (χ4n) is 8.41. The average Bonchev–Trinajstić information content (AvgIpc) is 3.18. The molecule has 0 amide bonds. The van der Waals surface area contributed by atoms with Gasteiger partial charge in [-0.1, -0.05) is 41.5 Å². The number of aliphatic hydroxyl groups excluding tert-OH is 3. The highest BCUT2D eigenvalue weighted by Crippen LogP contribution is 2.40. The van der Waals surface area contributed by atoms with E-state index in [1.54, 1.807) is 55.4 Å². The zero-order valence-corrected chi connectivity index (χ0v) is 39.1. The maximum atomic E-state index is 14.1. The fraction of sp³-hybridized carbons (Fsp3) is 0.907. The average molecular weight is 882 g/mol. The number of carboxylic acids is 2. The van der Waals surface area contributed by atoms with Gasteiger partial charge in [-0.3, -0.25) is 19.2 Å². The molecule has 0 saturated carbocycles. The second-order valence-electron chi connectivity index (χ2n) is 18.0. The summed E-state index contributed by atoms with van der Waals surface area (Å²) in [5, 5.41) is 73.1. The summed E-state index contributed by atoms with van der Waals surface area (Å²) >= 11 is 0. The molecule has 3 aliphatic heterocycles. The van der Waals surface area contributed by atoms with Crippen LogP contribution in [0.5, 0.6) is 0 Å². The number of carbonyl (C=O) groups is 4. The highest BCUT2D eigenvalue weighted by Gasteiger charge is 2.53. The Balaban J connectivity index is 0.00000166. The molecular weight excluding hydrogens is 802 g/mol. The first kappa shape index (κ1) is 56.7. The normalized spacial score (nSPS) is 42.8. The van der Waals surface area contributed by atoms with Gasteiger partial charge in [-0.25, -0.2) is 0 Å². The van der Waals surface area contributed by atoms with Crippen molar-refractivity contribution < 1.29 is 83.3 Å². The van der Waals surface area contributed by atoms with Crippen LogP contribution in [0.4, 0.5) is 0 Å². The van der Waals surface area contributed by atoms with Crippen molar-refractivity contribution in [2.75, 3.05) is 21.2 Å². The zero-order valence-electron chi connectivity index (χ0n) is 39.1. The van der Waals surface area contributed by atoms with Gasteiger partial charge >= 0.3 is 17.9 Å². The van der Waals surface area contributed by atoms with Gasteiger partial charge in [0.1, 0.15) is 29.7 Å². The second kappa shape index (κ2) is 24.1. The number of likely N-dealkylation sites (N-methyl/N-ethyl adjacent to an activating group) is 1. The Kier molecular flexibility index (Phi) is 22.4. The van der Waals surface area contributed by atoms with E-state index in [0.29, 0.717) is 6.42 Å². The molecule has 18 atom stereocenters. The van der Waals surface area contributed by atoms with Crippen molar-refractivity contribution in [3.8, 4) is 0 Å². The summed E-state index contributed by atoms with van der Waals surface area (Å²) in [6.07, 6.45) is -9.26. The highest BCUT2D eigenvalue weighted by atomic mass is 16.7. The van der Waals surface area contributed by atoms with Crippen LogP contribution in [-0.4, -0.2) is 170 Å². The molecular formula is C43H79NO17. The second-order valence-corrected chi connectivity index (χ2v) is 18.0. The van der Waals surface area contributed by atoms with Crippen molar-refractivity contribution in [2.45, 2.75) is 206 Å². The van der Waals surface area contributed by atoms with Crippen molar-refractivity contribution in [2.24, 2.45) is 23.7 Å². The Morgan fingerprint density at radius 3 is 1.80 bits per heavy atom. The summed E-state index contributed by atoms with van der Waals surface area (Å²) in [5.74, 6) is -6.47. The smallest absolute Gasteiger partial charge is 0.311 e. The van der Waals surface area contributed by atoms with Crippen LogP contribution in [0.25, 0.3) is 0 Å². The third-order valence-corrected chi connectivity index (χ3v) is 12.4. The van der Waals surface area contributed by atoms with E-state index in [0.717, 1.165) is 0 Å². The monoisotopic (exact) mass is 882 g/mol. The van der Waals surface area contributed by atoms with E-state index in [-0.39, 0.29) is 44.2 Å². The number of rotatable bonds is 9. The number of hydrogen-bond donors (Lipinski definition) is 7. The van der Waals surface area contributed by atoms with Crippen LogP contribution in [0, 0.1) is 23.7 Å². The van der Waals surface area contributed by atoms with E-state index in [9.17, 15) is 44.7 Å². The van der Waals surface area contributed by atoms with Crippen molar-refractivity contribution in [1.29, 1.82) is 0 Å². The lowest BCUT2D eigenvalue weighted by Crippen LogP contribution is -2.61. The standard InChI is InChI=1S/C37H67NO13.2C3H6O2/c1-14-25-37(10,45)30(41)20(4)27(39)18(2)16-35(8,44)32(51-34-28(40)24(38(11)12)15-19(3)47-34)21(5)29(22(6)33(43)49-25)50-26-17-36(9,46-13)31(42)23(7)48-26;2*1-2-3(4)5/h18-26,28-32,34,40-42,44-45H,14-17H2,1-13H3;2*2H2,1H3,(H,4,5)/t18-,19-,20+,21+,22-,23+,24+,25-,26+,28-,29+,30-,31+,32-,34+,35-,36-,37-;;/m1../s1. The molecule has 3 heterocycles. The van der Waals surface area contributed by atoms with Gasteiger partial charge in [-0.15, -0.1) is 0 Å². The van der Waals surface area contributed by atoms with Crippen LogP contribution < -0.4 is 0 Å². The summed E-state index contributed by atoms with van der Waals surface area (Å²) < 4.78 is 37.1. The first-order valence-electron chi connectivity index (χ1n) is 21.5. The molecule has 7 N–H and O–H groups in total. The molecule has 358 valence electrons. The first-order valence-corrected chi connectivity index (χ1v) is 21.5. The molecule has 3 aliphatic rings. The van der Waals surface area contributed by atoms with E-state index >= 15 is 0 Å². The van der Waals surface area contributed by atoms with Gasteiger partial charge in [-0.05, 0) is 74.9 Å². The Morgan fingerprint density at radius 2 is 1.34 bits per heavy atom. The van der Waals surface area contributed by atoms with Crippen LogP contribution in [0.3, 0.4) is 0 Å². The predicted molar refractivity (Wildman–Crippen MR) is 222 cm³/mol. The number of aliphatic carboxylic acids is 2. The van der Waals surface area contributed by atoms with E-state index in [1.165, 1.54) is 27.9 Å². The molecule has 0 aliphatic carbocycles. The number of ether oxygens (including phenoxy) is 6. The van der Waals surface area contributed by atoms with Gasteiger partial charge in [0.25, 0.3) is 0 Å². The van der Waals surface area contributed by atoms with E-state index in [4.69, 9.17) is 38.6 Å². The molecule has 3 rings (SSSR count). The SMILES string of the molecule is CCC(=O)O.CCC(=O)O.CC[C@H]1OC(=O)[C@H](C)[C@@H](O[C@H]2C[C@@](C)(OC)[C@@H](O)[C@H](C)O2)[C@H](C)[C@@H](O[C@@H]2O[C@H](C)C[C@H](N(C)C)[C@H]2O)[C@](C)(O)C[C@@H](C)C(=O)[C@H](C)[C@@H](O)[C@]1(C)O. The molecule has 3 fully saturated rings. The van der Waals surface area contributed by atoms with Gasteiger partial charge in [0.15, 0.2) is 12.6 Å². The fourth-order valence-corrected chi connectivity index (χ4v) is 8.41.